The molecule has 1 unspecified atom stereocenters. The summed E-state index contributed by atoms with van der Waals surface area (Å²) >= 11 is 1.34. The van der Waals surface area contributed by atoms with Crippen LogP contribution >= 0.6 is 11.8 Å². The Morgan fingerprint density at radius 3 is 2.32 bits per heavy atom. The Kier molecular flexibility index (Phi) is 8.88. The highest BCUT2D eigenvalue weighted by Gasteiger charge is 2.22. The minimum absolute atomic E-state index is 0.195. The van der Waals surface area contributed by atoms with E-state index in [1.54, 1.807) is 42.5 Å². The lowest BCUT2D eigenvalue weighted by Crippen LogP contribution is -2.19. The van der Waals surface area contributed by atoms with Gasteiger partial charge in [-0.15, -0.1) is 11.8 Å². The molecule has 2 amide bonds. The summed E-state index contributed by atoms with van der Waals surface area (Å²) in [6, 6.07) is 23.6. The van der Waals surface area contributed by atoms with E-state index in [4.69, 9.17) is 9.84 Å². The first-order valence-corrected chi connectivity index (χ1v) is 11.4. The molecule has 0 spiro atoms. The molecule has 3 aromatic carbocycles. The zero-order valence-electron chi connectivity index (χ0n) is 18.4. The van der Waals surface area contributed by atoms with Crippen molar-refractivity contribution in [2.75, 3.05) is 17.2 Å². The van der Waals surface area contributed by atoms with Gasteiger partial charge >= 0.3 is 5.97 Å². The van der Waals surface area contributed by atoms with E-state index >= 15 is 0 Å². The maximum atomic E-state index is 13.2. The Hall–Kier alpha value is -4.04. The number of carboxylic acids is 1. The van der Waals surface area contributed by atoms with E-state index in [2.05, 4.69) is 10.6 Å². The number of carbonyl (C=O) groups is 3. The average Bonchev–Trinajstić information content (AvgIpc) is 2.83. The first-order valence-electron chi connectivity index (χ1n) is 10.5. The van der Waals surface area contributed by atoms with Crippen LogP contribution in [0.1, 0.15) is 17.7 Å². The third-order valence-electron chi connectivity index (χ3n) is 4.51. The molecule has 0 heterocycles. The molecule has 0 aromatic heterocycles. The van der Waals surface area contributed by atoms with Crippen molar-refractivity contribution < 1.29 is 24.2 Å². The van der Waals surface area contributed by atoms with Crippen LogP contribution in [0.15, 0.2) is 95.9 Å². The van der Waals surface area contributed by atoms with Gasteiger partial charge in [0.1, 0.15) is 11.0 Å². The number of benzene rings is 3. The number of carboxylic acid groups (broad SMARTS) is 1. The smallest absolute Gasteiger partial charge is 0.328 e. The third-order valence-corrected chi connectivity index (χ3v) is 5.75. The quantitative estimate of drug-likeness (QED) is 0.277. The number of rotatable bonds is 10. The highest BCUT2D eigenvalue weighted by Crippen LogP contribution is 2.37. The third kappa shape index (κ3) is 7.53. The molecule has 0 bridgehead atoms. The molecule has 0 saturated heterocycles. The number of thioether (sulfide) groups is 1. The van der Waals surface area contributed by atoms with Crippen molar-refractivity contribution in [3.8, 4) is 5.75 Å². The molecule has 0 radical (unpaired) electrons. The number of hydrogen-bond donors (Lipinski definition) is 3. The largest absolute Gasteiger partial charge is 0.494 e. The van der Waals surface area contributed by atoms with Crippen molar-refractivity contribution in [1.82, 2.24) is 0 Å². The Bertz CT molecular complexity index is 1160. The Morgan fingerprint density at radius 2 is 1.65 bits per heavy atom. The maximum absolute atomic E-state index is 13.2. The van der Waals surface area contributed by atoms with Crippen molar-refractivity contribution in [1.29, 1.82) is 0 Å². The zero-order chi connectivity index (χ0) is 24.3. The lowest BCUT2D eigenvalue weighted by atomic mass is 10.1. The minimum Gasteiger partial charge on any atom is -0.494 e. The fourth-order valence-corrected chi connectivity index (χ4v) is 4.11. The summed E-state index contributed by atoms with van der Waals surface area (Å²) in [5.74, 6) is -1.23. The van der Waals surface area contributed by atoms with E-state index in [0.29, 0.717) is 18.0 Å². The van der Waals surface area contributed by atoms with Crippen LogP contribution in [-0.4, -0.2) is 29.5 Å². The van der Waals surface area contributed by atoms with Gasteiger partial charge in [0.15, 0.2) is 0 Å². The Labute approximate surface area is 201 Å². The monoisotopic (exact) mass is 476 g/mol. The molecule has 8 heteroatoms. The van der Waals surface area contributed by atoms with Crippen LogP contribution in [0.3, 0.4) is 0 Å². The average molecular weight is 477 g/mol. The normalized spacial score (nSPS) is 11.6. The van der Waals surface area contributed by atoms with E-state index in [0.717, 1.165) is 28.4 Å². The maximum Gasteiger partial charge on any atom is 0.328 e. The molecule has 0 aliphatic rings. The van der Waals surface area contributed by atoms with Gasteiger partial charge < -0.3 is 20.5 Å². The molecule has 34 heavy (non-hydrogen) atoms. The summed E-state index contributed by atoms with van der Waals surface area (Å²) in [5.41, 5.74) is 1.97. The molecule has 7 nitrogen and oxygen atoms in total. The Balaban J connectivity index is 1.77. The van der Waals surface area contributed by atoms with E-state index in [1.807, 2.05) is 43.3 Å². The minimum atomic E-state index is -1.20. The molecule has 3 aromatic rings. The van der Waals surface area contributed by atoms with Crippen molar-refractivity contribution >= 4 is 40.9 Å². The second kappa shape index (κ2) is 12.3. The van der Waals surface area contributed by atoms with Crippen LogP contribution in [0.25, 0.3) is 0 Å². The molecule has 174 valence electrons. The van der Waals surface area contributed by atoms with Crippen molar-refractivity contribution in [2.45, 2.75) is 17.1 Å². The van der Waals surface area contributed by atoms with Gasteiger partial charge in [0, 0.05) is 28.4 Å². The molecular weight excluding hydrogens is 452 g/mol. The topological polar surface area (TPSA) is 105 Å². The molecule has 0 saturated carbocycles. The number of amides is 2. The van der Waals surface area contributed by atoms with Gasteiger partial charge in [-0.1, -0.05) is 36.4 Å². The summed E-state index contributed by atoms with van der Waals surface area (Å²) in [6.07, 6.45) is 1.71. The Morgan fingerprint density at radius 1 is 0.912 bits per heavy atom. The van der Waals surface area contributed by atoms with Crippen LogP contribution in [0, 0.1) is 0 Å². The van der Waals surface area contributed by atoms with Gasteiger partial charge in [-0.05, 0) is 55.0 Å². The van der Waals surface area contributed by atoms with Crippen molar-refractivity contribution in [3.05, 3.63) is 96.6 Å². The van der Waals surface area contributed by atoms with Gasteiger partial charge in [0.2, 0.25) is 11.8 Å². The second-order valence-corrected chi connectivity index (χ2v) is 8.22. The first-order chi connectivity index (χ1) is 16.4. The van der Waals surface area contributed by atoms with Gasteiger partial charge in [0.25, 0.3) is 0 Å². The molecule has 3 rings (SSSR count). The molecule has 0 aliphatic heterocycles. The number of hydrogen-bond acceptors (Lipinski definition) is 5. The van der Waals surface area contributed by atoms with Crippen LogP contribution in [0.5, 0.6) is 5.75 Å². The lowest BCUT2D eigenvalue weighted by molar-refractivity contribution is -0.131. The van der Waals surface area contributed by atoms with Crippen LogP contribution in [-0.2, 0) is 14.4 Å². The standard InChI is InChI=1S/C26H24N2O5S/c1-2-33-21-13-11-19(12-14-21)28-26(32)25(18-7-4-3-5-8-18)34-22-10-6-9-20(17-22)27-23(29)15-16-24(30)31/h3-17,25H,2H2,1H3,(H,27,29)(H,28,32)(H,30,31)/b16-15+. The second-order valence-electron chi connectivity index (χ2n) is 7.04. The molecule has 1 atom stereocenters. The van der Waals surface area contributed by atoms with Crippen LogP contribution in [0.2, 0.25) is 0 Å². The van der Waals surface area contributed by atoms with Gasteiger partial charge in [-0.2, -0.15) is 0 Å². The van der Waals surface area contributed by atoms with Crippen molar-refractivity contribution in [2.24, 2.45) is 0 Å². The molecule has 3 N–H and O–H groups in total. The summed E-state index contributed by atoms with van der Waals surface area (Å²) < 4.78 is 5.45. The van der Waals surface area contributed by atoms with E-state index in [1.165, 1.54) is 11.8 Å². The first kappa shape index (κ1) is 24.6. The predicted molar refractivity (Wildman–Crippen MR) is 133 cm³/mol. The summed E-state index contributed by atoms with van der Waals surface area (Å²) in [5, 5.41) is 13.7. The number of anilines is 2. The van der Waals surface area contributed by atoms with E-state index in [9.17, 15) is 14.4 Å². The fraction of sp³-hybridized carbons (Fsp3) is 0.115. The van der Waals surface area contributed by atoms with Gasteiger partial charge in [0.05, 0.1) is 6.61 Å². The van der Waals surface area contributed by atoms with Crippen LogP contribution < -0.4 is 15.4 Å². The highest BCUT2D eigenvalue weighted by atomic mass is 32.2. The number of aliphatic carboxylic acids is 1. The number of carbonyl (C=O) groups excluding carboxylic acids is 2. The lowest BCUT2D eigenvalue weighted by Gasteiger charge is -2.18. The fourth-order valence-electron chi connectivity index (χ4n) is 3.02. The predicted octanol–water partition coefficient (Wildman–Crippen LogP) is 5.14. The van der Waals surface area contributed by atoms with Gasteiger partial charge in [-0.25, -0.2) is 4.79 Å². The number of nitrogens with one attached hydrogen (secondary N) is 2. The van der Waals surface area contributed by atoms with Gasteiger partial charge in [-0.3, -0.25) is 9.59 Å². The summed E-state index contributed by atoms with van der Waals surface area (Å²) in [6.45, 7) is 2.47. The summed E-state index contributed by atoms with van der Waals surface area (Å²) in [4.78, 5) is 36.5. The molecule has 0 aliphatic carbocycles. The van der Waals surface area contributed by atoms with Crippen molar-refractivity contribution in [3.63, 3.8) is 0 Å². The van der Waals surface area contributed by atoms with E-state index in [-0.39, 0.29) is 5.91 Å². The SMILES string of the molecule is CCOc1ccc(NC(=O)C(Sc2cccc(NC(=O)/C=C/C(=O)O)c2)c2ccccc2)cc1. The van der Waals surface area contributed by atoms with E-state index < -0.39 is 17.1 Å². The highest BCUT2D eigenvalue weighted by molar-refractivity contribution is 8.00. The number of ether oxygens (including phenoxy) is 1. The summed E-state index contributed by atoms with van der Waals surface area (Å²) in [7, 11) is 0. The zero-order valence-corrected chi connectivity index (χ0v) is 19.2. The molecular formula is C26H24N2O5S. The van der Waals surface area contributed by atoms with Crippen LogP contribution in [0.4, 0.5) is 11.4 Å². The molecule has 0 fully saturated rings.